The quantitative estimate of drug-likeness (QED) is 0.571. The summed E-state index contributed by atoms with van der Waals surface area (Å²) in [5.74, 6) is -0.390. The number of amidine groups is 1. The number of nitrogens with two attached hydrogens (primary N) is 1. The highest BCUT2D eigenvalue weighted by Crippen LogP contribution is 2.32. The van der Waals surface area contributed by atoms with Gasteiger partial charge >= 0.3 is 0 Å². The van der Waals surface area contributed by atoms with Crippen LogP contribution in [0.4, 0.5) is 4.39 Å². The van der Waals surface area contributed by atoms with Crippen LogP contribution in [0.3, 0.4) is 0 Å². The van der Waals surface area contributed by atoms with Crippen LogP contribution in [0.5, 0.6) is 0 Å². The van der Waals surface area contributed by atoms with Gasteiger partial charge in [-0.25, -0.2) is 9.37 Å². The lowest BCUT2D eigenvalue weighted by Gasteiger charge is -2.09. The third kappa shape index (κ3) is 2.73. The second-order valence-corrected chi connectivity index (χ2v) is 5.51. The molecule has 0 fully saturated rings. The van der Waals surface area contributed by atoms with Crippen molar-refractivity contribution in [3.8, 4) is 0 Å². The number of para-hydroxylation sites is 1. The maximum atomic E-state index is 13.8. The molecule has 0 spiro atoms. The lowest BCUT2D eigenvalue weighted by atomic mass is 10.1. The number of pyridine rings is 1. The first kappa shape index (κ1) is 13.6. The van der Waals surface area contributed by atoms with Crippen molar-refractivity contribution in [3.05, 3.63) is 66.0 Å². The minimum atomic E-state index is -0.313. The molecule has 3 N–H and O–H groups in total. The van der Waals surface area contributed by atoms with Crippen molar-refractivity contribution in [3.63, 3.8) is 0 Å². The fourth-order valence-electron chi connectivity index (χ4n) is 2.00. The molecule has 0 atom stereocenters. The molecule has 0 amide bonds. The molecule has 104 valence electrons. The van der Waals surface area contributed by atoms with Crippen molar-refractivity contribution in [2.75, 3.05) is 0 Å². The highest BCUT2D eigenvalue weighted by Gasteiger charge is 2.13. The molecule has 0 saturated heterocycles. The molecule has 5 heteroatoms. The molecule has 3 rings (SSSR count). The van der Waals surface area contributed by atoms with Gasteiger partial charge in [-0.15, -0.1) is 0 Å². The Morgan fingerprint density at radius 2 is 1.81 bits per heavy atom. The number of halogens is 1. The van der Waals surface area contributed by atoms with E-state index in [1.54, 1.807) is 18.2 Å². The van der Waals surface area contributed by atoms with Crippen molar-refractivity contribution >= 4 is 28.5 Å². The van der Waals surface area contributed by atoms with E-state index in [-0.39, 0.29) is 11.7 Å². The summed E-state index contributed by atoms with van der Waals surface area (Å²) < 4.78 is 13.8. The fourth-order valence-corrected chi connectivity index (χ4v) is 2.94. The molecule has 0 saturated carbocycles. The third-order valence-corrected chi connectivity index (χ3v) is 4.08. The molecule has 3 aromatic rings. The minimum absolute atomic E-state index is 0.0768. The fraction of sp³-hybridized carbons (Fsp3) is 0. The Morgan fingerprint density at radius 1 is 1.10 bits per heavy atom. The number of hydrogen-bond acceptors (Lipinski definition) is 3. The summed E-state index contributed by atoms with van der Waals surface area (Å²) in [7, 11) is 0. The van der Waals surface area contributed by atoms with Gasteiger partial charge in [-0.2, -0.15) is 0 Å². The summed E-state index contributed by atoms with van der Waals surface area (Å²) in [6.45, 7) is 0. The molecule has 2 aromatic carbocycles. The number of hydrogen-bond donors (Lipinski definition) is 2. The summed E-state index contributed by atoms with van der Waals surface area (Å²) in [5.41, 5.74) is 6.94. The van der Waals surface area contributed by atoms with E-state index in [9.17, 15) is 4.39 Å². The zero-order valence-corrected chi connectivity index (χ0v) is 11.8. The van der Waals surface area contributed by atoms with Crippen molar-refractivity contribution in [1.29, 1.82) is 5.41 Å². The molecule has 0 aliphatic rings. The van der Waals surface area contributed by atoms with Crippen LogP contribution in [0.1, 0.15) is 5.56 Å². The molecule has 21 heavy (non-hydrogen) atoms. The van der Waals surface area contributed by atoms with Crippen LogP contribution in [0.2, 0.25) is 0 Å². The molecular formula is C16H12FN3S. The Kier molecular flexibility index (Phi) is 3.58. The standard InChI is InChI=1S/C16H12FN3S/c17-12-6-2-4-8-14(12)21-16-11(15(18)19)9-10-5-1-3-7-13(10)20-16/h1-9H,(H3,18,19). The van der Waals surface area contributed by atoms with Gasteiger partial charge in [-0.1, -0.05) is 42.1 Å². The number of nitrogen functional groups attached to an aromatic ring is 1. The average Bonchev–Trinajstić information content (AvgIpc) is 2.48. The van der Waals surface area contributed by atoms with E-state index in [1.807, 2.05) is 30.3 Å². The van der Waals surface area contributed by atoms with E-state index < -0.39 is 0 Å². The van der Waals surface area contributed by atoms with E-state index in [4.69, 9.17) is 11.1 Å². The number of fused-ring (bicyclic) bond motifs is 1. The predicted octanol–water partition coefficient (Wildman–Crippen LogP) is 3.81. The molecule has 0 unspecified atom stereocenters. The molecule has 3 nitrogen and oxygen atoms in total. The lowest BCUT2D eigenvalue weighted by molar-refractivity contribution is 0.602. The molecule has 1 heterocycles. The lowest BCUT2D eigenvalue weighted by Crippen LogP contribution is -2.13. The van der Waals surface area contributed by atoms with Crippen LogP contribution < -0.4 is 5.73 Å². The van der Waals surface area contributed by atoms with Gasteiger partial charge in [0.15, 0.2) is 0 Å². The zero-order chi connectivity index (χ0) is 14.8. The largest absolute Gasteiger partial charge is 0.384 e. The van der Waals surface area contributed by atoms with E-state index in [2.05, 4.69) is 4.98 Å². The smallest absolute Gasteiger partial charge is 0.137 e. The van der Waals surface area contributed by atoms with E-state index in [0.29, 0.717) is 15.5 Å². The van der Waals surface area contributed by atoms with Gasteiger partial charge in [0, 0.05) is 15.8 Å². The summed E-state index contributed by atoms with van der Waals surface area (Å²) >= 11 is 1.18. The van der Waals surface area contributed by atoms with Gasteiger partial charge in [0.05, 0.1) is 5.52 Å². The second-order valence-electron chi connectivity index (χ2n) is 4.48. The van der Waals surface area contributed by atoms with Gasteiger partial charge in [0.25, 0.3) is 0 Å². The molecule has 0 aliphatic carbocycles. The molecule has 0 aliphatic heterocycles. The topological polar surface area (TPSA) is 62.8 Å². The van der Waals surface area contributed by atoms with Gasteiger partial charge in [0.2, 0.25) is 0 Å². The summed E-state index contributed by atoms with van der Waals surface area (Å²) in [6, 6.07) is 15.9. The van der Waals surface area contributed by atoms with Crippen molar-refractivity contribution < 1.29 is 4.39 Å². The number of nitrogens with one attached hydrogen (secondary N) is 1. The number of benzene rings is 2. The Balaban J connectivity index is 2.14. The van der Waals surface area contributed by atoms with Crippen LogP contribution in [0.25, 0.3) is 10.9 Å². The molecule has 0 radical (unpaired) electrons. The number of aromatic nitrogens is 1. The minimum Gasteiger partial charge on any atom is -0.384 e. The predicted molar refractivity (Wildman–Crippen MR) is 83.3 cm³/mol. The third-order valence-electron chi connectivity index (χ3n) is 3.02. The molecular weight excluding hydrogens is 285 g/mol. The van der Waals surface area contributed by atoms with Gasteiger partial charge in [0.1, 0.15) is 16.7 Å². The first-order valence-electron chi connectivity index (χ1n) is 6.32. The van der Waals surface area contributed by atoms with Crippen LogP contribution >= 0.6 is 11.8 Å². The van der Waals surface area contributed by atoms with Crippen LogP contribution in [0, 0.1) is 11.2 Å². The van der Waals surface area contributed by atoms with Crippen LogP contribution in [-0.4, -0.2) is 10.8 Å². The summed E-state index contributed by atoms with van der Waals surface area (Å²) in [5, 5.41) is 9.14. The van der Waals surface area contributed by atoms with Crippen molar-refractivity contribution in [1.82, 2.24) is 4.98 Å². The Morgan fingerprint density at radius 3 is 2.57 bits per heavy atom. The highest BCUT2D eigenvalue weighted by atomic mass is 32.2. The first-order chi connectivity index (χ1) is 10.1. The maximum absolute atomic E-state index is 13.8. The monoisotopic (exact) mass is 297 g/mol. The van der Waals surface area contributed by atoms with Gasteiger partial charge in [-0.05, 0) is 24.3 Å². The highest BCUT2D eigenvalue weighted by molar-refractivity contribution is 7.99. The number of nitrogens with zero attached hydrogens (tertiary/aromatic N) is 1. The average molecular weight is 297 g/mol. The summed E-state index contributed by atoms with van der Waals surface area (Å²) in [4.78, 5) is 4.97. The van der Waals surface area contributed by atoms with E-state index in [1.165, 1.54) is 17.8 Å². The van der Waals surface area contributed by atoms with E-state index in [0.717, 1.165) is 10.9 Å². The van der Waals surface area contributed by atoms with Crippen molar-refractivity contribution in [2.24, 2.45) is 5.73 Å². The van der Waals surface area contributed by atoms with Crippen LogP contribution in [0.15, 0.2) is 64.5 Å². The maximum Gasteiger partial charge on any atom is 0.137 e. The Labute approximate surface area is 125 Å². The SMILES string of the molecule is N=C(N)c1cc2ccccc2nc1Sc1ccccc1F. The molecule has 0 bridgehead atoms. The Hall–Kier alpha value is -2.40. The van der Waals surface area contributed by atoms with Gasteiger partial charge in [-0.3, -0.25) is 5.41 Å². The molecule has 1 aromatic heterocycles. The number of rotatable bonds is 3. The van der Waals surface area contributed by atoms with Crippen molar-refractivity contribution in [2.45, 2.75) is 9.92 Å². The van der Waals surface area contributed by atoms with E-state index >= 15 is 0 Å². The van der Waals surface area contributed by atoms with Gasteiger partial charge < -0.3 is 5.73 Å². The summed E-state index contributed by atoms with van der Waals surface area (Å²) in [6.07, 6.45) is 0. The Bertz CT molecular complexity index is 833. The normalized spacial score (nSPS) is 10.7. The van der Waals surface area contributed by atoms with Crippen LogP contribution in [-0.2, 0) is 0 Å². The zero-order valence-electron chi connectivity index (χ0n) is 11.0. The first-order valence-corrected chi connectivity index (χ1v) is 7.13. The second kappa shape index (κ2) is 5.54.